The molecule has 23 heavy (non-hydrogen) atoms. The molecule has 0 radical (unpaired) electrons. The lowest BCUT2D eigenvalue weighted by atomic mass is 10.1. The molecule has 1 unspecified atom stereocenters. The van der Waals surface area contributed by atoms with Gasteiger partial charge in [0.25, 0.3) is 0 Å². The van der Waals surface area contributed by atoms with Crippen LogP contribution in [0.15, 0.2) is 24.3 Å². The molecule has 1 aromatic rings. The molecule has 0 bridgehead atoms. The predicted molar refractivity (Wildman–Crippen MR) is 88.2 cm³/mol. The van der Waals surface area contributed by atoms with Crippen LogP contribution in [0, 0.1) is 0 Å². The van der Waals surface area contributed by atoms with Crippen LogP contribution in [0.25, 0.3) is 0 Å². The van der Waals surface area contributed by atoms with Gasteiger partial charge in [-0.25, -0.2) is 0 Å². The van der Waals surface area contributed by atoms with Gasteiger partial charge in [0, 0.05) is 38.6 Å². The highest BCUT2D eigenvalue weighted by Gasteiger charge is 2.28. The SMILES string of the molecule is O=C(CCN(CCO)C1CCc2ccccc21)N1CCOCC1. The fourth-order valence-corrected chi connectivity index (χ4v) is 3.68. The average molecular weight is 318 g/mol. The highest BCUT2D eigenvalue weighted by atomic mass is 16.5. The maximum atomic E-state index is 12.3. The van der Waals surface area contributed by atoms with E-state index in [4.69, 9.17) is 4.74 Å². The summed E-state index contributed by atoms with van der Waals surface area (Å²) in [5.74, 6) is 0.197. The van der Waals surface area contributed by atoms with Gasteiger partial charge in [-0.1, -0.05) is 24.3 Å². The van der Waals surface area contributed by atoms with Gasteiger partial charge in [0.1, 0.15) is 0 Å². The zero-order valence-corrected chi connectivity index (χ0v) is 13.6. The van der Waals surface area contributed by atoms with Crippen LogP contribution in [-0.2, 0) is 16.0 Å². The zero-order chi connectivity index (χ0) is 16.1. The summed E-state index contributed by atoms with van der Waals surface area (Å²) in [6.07, 6.45) is 2.67. The topological polar surface area (TPSA) is 53.0 Å². The number of hydrogen-bond acceptors (Lipinski definition) is 4. The summed E-state index contributed by atoms with van der Waals surface area (Å²) < 4.78 is 5.30. The molecule has 1 aliphatic heterocycles. The minimum absolute atomic E-state index is 0.129. The van der Waals surface area contributed by atoms with Crippen molar-refractivity contribution in [1.82, 2.24) is 9.80 Å². The standard InChI is InChI=1S/C18H26N2O3/c21-12-9-19(8-7-18(22)20-10-13-23-14-11-20)17-6-5-15-3-1-2-4-16(15)17/h1-4,17,21H,5-14H2. The molecule has 1 amide bonds. The smallest absolute Gasteiger partial charge is 0.224 e. The Morgan fingerprint density at radius 2 is 2.04 bits per heavy atom. The van der Waals surface area contributed by atoms with Crippen molar-refractivity contribution in [1.29, 1.82) is 0 Å². The largest absolute Gasteiger partial charge is 0.395 e. The van der Waals surface area contributed by atoms with E-state index in [2.05, 4.69) is 29.2 Å². The molecule has 1 atom stereocenters. The van der Waals surface area contributed by atoms with Gasteiger partial charge in [-0.15, -0.1) is 0 Å². The van der Waals surface area contributed by atoms with Gasteiger partial charge in [-0.3, -0.25) is 9.69 Å². The number of aryl methyl sites for hydroxylation is 1. The number of benzene rings is 1. The molecule has 2 aliphatic rings. The Labute approximate surface area is 137 Å². The maximum absolute atomic E-state index is 12.3. The Morgan fingerprint density at radius 1 is 1.26 bits per heavy atom. The lowest BCUT2D eigenvalue weighted by Crippen LogP contribution is -2.42. The van der Waals surface area contributed by atoms with Crippen molar-refractivity contribution < 1.29 is 14.6 Å². The van der Waals surface area contributed by atoms with Crippen LogP contribution in [0.5, 0.6) is 0 Å². The summed E-state index contributed by atoms with van der Waals surface area (Å²) in [5.41, 5.74) is 2.76. The van der Waals surface area contributed by atoms with E-state index < -0.39 is 0 Å². The first kappa shape index (κ1) is 16.4. The molecule has 0 spiro atoms. The van der Waals surface area contributed by atoms with Crippen LogP contribution in [0.3, 0.4) is 0 Å². The Balaban J connectivity index is 1.60. The molecule has 3 rings (SSSR count). The summed E-state index contributed by atoms with van der Waals surface area (Å²) in [6.45, 7) is 4.13. The number of hydrogen-bond donors (Lipinski definition) is 1. The Hall–Kier alpha value is -1.43. The number of carbonyl (C=O) groups is 1. The van der Waals surface area contributed by atoms with E-state index in [1.165, 1.54) is 11.1 Å². The average Bonchev–Trinajstić information content (AvgIpc) is 3.03. The lowest BCUT2D eigenvalue weighted by Gasteiger charge is -2.31. The van der Waals surface area contributed by atoms with E-state index in [1.807, 2.05) is 4.90 Å². The second-order valence-corrected chi connectivity index (χ2v) is 6.26. The molecule has 5 heteroatoms. The number of amides is 1. The summed E-state index contributed by atoms with van der Waals surface area (Å²) in [7, 11) is 0. The zero-order valence-electron chi connectivity index (χ0n) is 13.6. The quantitative estimate of drug-likeness (QED) is 0.857. The van der Waals surface area contributed by atoms with Crippen molar-refractivity contribution in [3.8, 4) is 0 Å². The van der Waals surface area contributed by atoms with E-state index in [9.17, 15) is 9.90 Å². The van der Waals surface area contributed by atoms with Crippen molar-refractivity contribution in [2.24, 2.45) is 0 Å². The minimum atomic E-state index is 0.129. The van der Waals surface area contributed by atoms with Gasteiger partial charge in [0.15, 0.2) is 0 Å². The Kier molecular flexibility index (Phi) is 5.65. The van der Waals surface area contributed by atoms with Crippen LogP contribution < -0.4 is 0 Å². The molecule has 1 heterocycles. The molecular weight excluding hydrogens is 292 g/mol. The number of nitrogens with zero attached hydrogens (tertiary/aromatic N) is 2. The van der Waals surface area contributed by atoms with E-state index in [-0.39, 0.29) is 12.5 Å². The fourth-order valence-electron chi connectivity index (χ4n) is 3.68. The third kappa shape index (κ3) is 3.91. The number of aliphatic hydroxyl groups excluding tert-OH is 1. The number of ether oxygens (including phenoxy) is 1. The van der Waals surface area contributed by atoms with Gasteiger partial charge in [0.2, 0.25) is 5.91 Å². The first-order valence-electron chi connectivity index (χ1n) is 8.58. The lowest BCUT2D eigenvalue weighted by molar-refractivity contribution is -0.135. The van der Waals surface area contributed by atoms with Crippen molar-refractivity contribution in [2.75, 3.05) is 46.0 Å². The van der Waals surface area contributed by atoms with Gasteiger partial charge < -0.3 is 14.7 Å². The molecule has 0 aromatic heterocycles. The van der Waals surface area contributed by atoms with Gasteiger partial charge >= 0.3 is 0 Å². The minimum Gasteiger partial charge on any atom is -0.395 e. The van der Waals surface area contributed by atoms with Crippen molar-refractivity contribution in [3.63, 3.8) is 0 Å². The number of carbonyl (C=O) groups excluding carboxylic acids is 1. The number of morpholine rings is 1. The van der Waals surface area contributed by atoms with Gasteiger partial charge in [-0.2, -0.15) is 0 Å². The molecule has 1 aromatic carbocycles. The van der Waals surface area contributed by atoms with E-state index >= 15 is 0 Å². The van der Waals surface area contributed by atoms with Crippen molar-refractivity contribution >= 4 is 5.91 Å². The second-order valence-electron chi connectivity index (χ2n) is 6.26. The molecule has 126 valence electrons. The normalized spacial score (nSPS) is 20.8. The van der Waals surface area contributed by atoms with Gasteiger partial charge in [0.05, 0.1) is 19.8 Å². The summed E-state index contributed by atoms with van der Waals surface area (Å²) in [4.78, 5) is 16.5. The molecular formula is C18H26N2O3. The molecule has 1 saturated heterocycles. The maximum Gasteiger partial charge on any atom is 0.224 e. The number of aliphatic hydroxyl groups is 1. The first-order valence-corrected chi connectivity index (χ1v) is 8.58. The molecule has 1 aliphatic carbocycles. The second kappa shape index (κ2) is 7.90. The first-order chi connectivity index (χ1) is 11.3. The van der Waals surface area contributed by atoms with Crippen molar-refractivity contribution in [3.05, 3.63) is 35.4 Å². The summed E-state index contributed by atoms with van der Waals surface area (Å²) >= 11 is 0. The van der Waals surface area contributed by atoms with Crippen LogP contribution >= 0.6 is 0 Å². The summed E-state index contributed by atoms with van der Waals surface area (Å²) in [5, 5.41) is 9.41. The third-order valence-corrected chi connectivity index (χ3v) is 4.91. The van der Waals surface area contributed by atoms with E-state index in [0.717, 1.165) is 12.8 Å². The third-order valence-electron chi connectivity index (χ3n) is 4.91. The van der Waals surface area contributed by atoms with Gasteiger partial charge in [-0.05, 0) is 24.0 Å². The highest BCUT2D eigenvalue weighted by Crippen LogP contribution is 2.35. The Bertz CT molecular complexity index is 529. The number of fused-ring (bicyclic) bond motifs is 1. The molecule has 1 N–H and O–H groups in total. The summed E-state index contributed by atoms with van der Waals surface area (Å²) in [6, 6.07) is 8.86. The monoisotopic (exact) mass is 318 g/mol. The van der Waals surface area contributed by atoms with Crippen LogP contribution in [-0.4, -0.2) is 66.8 Å². The molecule has 5 nitrogen and oxygen atoms in total. The molecule has 0 saturated carbocycles. The van der Waals surface area contributed by atoms with Crippen LogP contribution in [0.1, 0.15) is 30.0 Å². The van der Waals surface area contributed by atoms with Crippen LogP contribution in [0.2, 0.25) is 0 Å². The molecule has 1 fully saturated rings. The predicted octanol–water partition coefficient (Wildman–Crippen LogP) is 1.22. The van der Waals surface area contributed by atoms with E-state index in [1.54, 1.807) is 0 Å². The number of rotatable bonds is 6. The highest BCUT2D eigenvalue weighted by molar-refractivity contribution is 5.76. The van der Waals surface area contributed by atoms with Crippen LogP contribution in [0.4, 0.5) is 0 Å². The van der Waals surface area contributed by atoms with Crippen molar-refractivity contribution in [2.45, 2.75) is 25.3 Å². The fraction of sp³-hybridized carbons (Fsp3) is 0.611. The van der Waals surface area contributed by atoms with E-state index in [0.29, 0.717) is 51.9 Å². The Morgan fingerprint density at radius 3 is 2.83 bits per heavy atom.